The fourth-order valence-corrected chi connectivity index (χ4v) is 4.00. The van der Waals surface area contributed by atoms with Gasteiger partial charge in [-0.05, 0) is 37.1 Å². The molecule has 26 heavy (non-hydrogen) atoms. The number of rotatable bonds is 3. The number of benzene rings is 1. The SMILES string of the molecule is CC1CC(C(N)=O)c2ccccc2N1Cc1cn2ccccc2c1C#N. The summed E-state index contributed by atoms with van der Waals surface area (Å²) in [5, 5.41) is 9.67. The summed E-state index contributed by atoms with van der Waals surface area (Å²) in [6.07, 6.45) is 4.65. The molecule has 2 unspecified atom stereocenters. The molecule has 2 aromatic heterocycles. The number of carbonyl (C=O) groups excluding carboxylic acids is 1. The Labute approximate surface area is 152 Å². The number of aromatic nitrogens is 1. The molecule has 1 aliphatic rings. The van der Waals surface area contributed by atoms with Crippen LogP contribution in [-0.2, 0) is 11.3 Å². The Kier molecular flexibility index (Phi) is 3.89. The first-order valence-electron chi connectivity index (χ1n) is 8.73. The van der Waals surface area contributed by atoms with E-state index in [9.17, 15) is 10.1 Å². The number of para-hydroxylation sites is 1. The molecule has 1 aromatic carbocycles. The number of nitriles is 1. The number of anilines is 1. The van der Waals surface area contributed by atoms with Crippen molar-refractivity contribution in [1.29, 1.82) is 5.26 Å². The van der Waals surface area contributed by atoms with Gasteiger partial charge in [0.1, 0.15) is 6.07 Å². The van der Waals surface area contributed by atoms with Crippen LogP contribution >= 0.6 is 0 Å². The van der Waals surface area contributed by atoms with Gasteiger partial charge in [0.05, 0.1) is 17.0 Å². The number of hydrogen-bond acceptors (Lipinski definition) is 3. The second kappa shape index (κ2) is 6.23. The molecule has 5 nitrogen and oxygen atoms in total. The molecule has 2 N–H and O–H groups in total. The Morgan fingerprint density at radius 1 is 1.27 bits per heavy atom. The number of nitrogens with two attached hydrogens (primary N) is 1. The molecule has 0 spiro atoms. The summed E-state index contributed by atoms with van der Waals surface area (Å²) >= 11 is 0. The van der Waals surface area contributed by atoms with Crippen LogP contribution < -0.4 is 10.6 Å². The maximum atomic E-state index is 11.9. The van der Waals surface area contributed by atoms with Crippen LogP contribution in [0.5, 0.6) is 0 Å². The standard InChI is InChI=1S/C21H20N4O/c1-14-10-17(21(23)26)16-6-2-3-8-20(16)25(14)13-15-12-24-9-5-4-7-19(24)18(15)11-22/h2-9,12,14,17H,10,13H2,1H3,(H2,23,26). The van der Waals surface area contributed by atoms with Crippen molar-refractivity contribution < 1.29 is 4.79 Å². The fraction of sp³-hybridized carbons (Fsp3) is 0.238. The first-order valence-corrected chi connectivity index (χ1v) is 8.73. The molecule has 0 saturated carbocycles. The Bertz CT molecular complexity index is 1030. The first-order chi connectivity index (χ1) is 12.6. The Hall–Kier alpha value is -3.26. The Morgan fingerprint density at radius 2 is 2.04 bits per heavy atom. The minimum absolute atomic E-state index is 0.150. The molecule has 0 aliphatic carbocycles. The van der Waals surface area contributed by atoms with E-state index in [1.165, 1.54) is 0 Å². The maximum absolute atomic E-state index is 11.9. The number of pyridine rings is 1. The largest absolute Gasteiger partial charge is 0.369 e. The van der Waals surface area contributed by atoms with E-state index in [0.717, 1.165) is 22.3 Å². The van der Waals surface area contributed by atoms with Gasteiger partial charge in [0.15, 0.2) is 0 Å². The van der Waals surface area contributed by atoms with Crippen molar-refractivity contribution in [2.75, 3.05) is 4.90 Å². The highest BCUT2D eigenvalue weighted by molar-refractivity contribution is 5.85. The zero-order chi connectivity index (χ0) is 18.3. The van der Waals surface area contributed by atoms with Crippen molar-refractivity contribution in [3.63, 3.8) is 0 Å². The van der Waals surface area contributed by atoms with Crippen LogP contribution in [0, 0.1) is 11.3 Å². The average Bonchev–Trinajstić information content (AvgIpc) is 3.00. The molecule has 3 heterocycles. The molecule has 0 saturated heterocycles. The summed E-state index contributed by atoms with van der Waals surface area (Å²) in [5.74, 6) is -0.544. The highest BCUT2D eigenvalue weighted by Crippen LogP contribution is 2.39. The lowest BCUT2D eigenvalue weighted by Gasteiger charge is -2.40. The van der Waals surface area contributed by atoms with Gasteiger partial charge in [0, 0.05) is 36.2 Å². The van der Waals surface area contributed by atoms with Gasteiger partial charge in [0.25, 0.3) is 0 Å². The number of amides is 1. The molecule has 5 heteroatoms. The number of fused-ring (bicyclic) bond motifs is 2. The molecule has 0 bridgehead atoms. The molecule has 0 radical (unpaired) electrons. The predicted octanol–water partition coefficient (Wildman–Crippen LogP) is 3.18. The van der Waals surface area contributed by atoms with E-state index in [2.05, 4.69) is 17.9 Å². The molecule has 1 amide bonds. The van der Waals surface area contributed by atoms with E-state index in [1.54, 1.807) is 0 Å². The molecule has 1 aliphatic heterocycles. The van der Waals surface area contributed by atoms with Gasteiger partial charge in [0.2, 0.25) is 5.91 Å². The third kappa shape index (κ3) is 2.51. The zero-order valence-electron chi connectivity index (χ0n) is 14.6. The summed E-state index contributed by atoms with van der Waals surface area (Å²) < 4.78 is 1.99. The van der Waals surface area contributed by atoms with Crippen molar-refractivity contribution in [2.45, 2.75) is 31.8 Å². The van der Waals surface area contributed by atoms with Crippen LogP contribution in [0.15, 0.2) is 54.9 Å². The zero-order valence-corrected chi connectivity index (χ0v) is 14.6. The van der Waals surface area contributed by atoms with Gasteiger partial charge in [-0.3, -0.25) is 4.79 Å². The molecule has 130 valence electrons. The van der Waals surface area contributed by atoms with Gasteiger partial charge >= 0.3 is 0 Å². The van der Waals surface area contributed by atoms with Gasteiger partial charge in [-0.15, -0.1) is 0 Å². The topological polar surface area (TPSA) is 74.5 Å². The quantitative estimate of drug-likeness (QED) is 0.793. The van der Waals surface area contributed by atoms with Crippen molar-refractivity contribution in [3.8, 4) is 6.07 Å². The van der Waals surface area contributed by atoms with Crippen molar-refractivity contribution in [1.82, 2.24) is 4.40 Å². The monoisotopic (exact) mass is 344 g/mol. The molecular weight excluding hydrogens is 324 g/mol. The summed E-state index contributed by atoms with van der Waals surface area (Å²) in [7, 11) is 0. The predicted molar refractivity (Wildman–Crippen MR) is 101 cm³/mol. The van der Waals surface area contributed by atoms with E-state index in [4.69, 9.17) is 5.73 Å². The number of primary amides is 1. The van der Waals surface area contributed by atoms with Crippen LogP contribution in [0.4, 0.5) is 5.69 Å². The van der Waals surface area contributed by atoms with E-state index >= 15 is 0 Å². The minimum Gasteiger partial charge on any atom is -0.369 e. The number of carbonyl (C=O) groups is 1. The third-order valence-corrected chi connectivity index (χ3v) is 5.29. The Morgan fingerprint density at radius 3 is 2.81 bits per heavy atom. The highest BCUT2D eigenvalue weighted by Gasteiger charge is 2.33. The summed E-state index contributed by atoms with van der Waals surface area (Å²) in [6.45, 7) is 2.72. The normalized spacial score (nSPS) is 19.2. The molecule has 4 rings (SSSR count). The smallest absolute Gasteiger partial charge is 0.225 e. The number of nitrogens with zero attached hydrogens (tertiary/aromatic N) is 3. The van der Waals surface area contributed by atoms with Gasteiger partial charge in [-0.1, -0.05) is 24.3 Å². The second-order valence-electron chi connectivity index (χ2n) is 6.86. The van der Waals surface area contributed by atoms with E-state index in [-0.39, 0.29) is 17.9 Å². The molecule has 0 fully saturated rings. The fourth-order valence-electron chi connectivity index (χ4n) is 4.00. The van der Waals surface area contributed by atoms with Crippen LogP contribution in [-0.4, -0.2) is 16.3 Å². The van der Waals surface area contributed by atoms with Gasteiger partial charge in [-0.25, -0.2) is 0 Å². The maximum Gasteiger partial charge on any atom is 0.225 e. The van der Waals surface area contributed by atoms with Crippen LogP contribution in [0.1, 0.15) is 36.0 Å². The second-order valence-corrected chi connectivity index (χ2v) is 6.86. The molecule has 3 aromatic rings. The average molecular weight is 344 g/mol. The van der Waals surface area contributed by atoms with Crippen LogP contribution in [0.3, 0.4) is 0 Å². The van der Waals surface area contributed by atoms with Crippen molar-refractivity contribution >= 4 is 17.1 Å². The number of hydrogen-bond donors (Lipinski definition) is 1. The molecular formula is C21H20N4O. The van der Waals surface area contributed by atoms with Crippen LogP contribution in [0.25, 0.3) is 5.52 Å². The minimum atomic E-state index is -0.281. The Balaban J connectivity index is 1.78. The first kappa shape index (κ1) is 16.2. The lowest BCUT2D eigenvalue weighted by atomic mass is 9.85. The van der Waals surface area contributed by atoms with Crippen molar-refractivity contribution in [2.24, 2.45) is 5.73 Å². The van der Waals surface area contributed by atoms with Gasteiger partial charge < -0.3 is 15.0 Å². The van der Waals surface area contributed by atoms with E-state index < -0.39 is 0 Å². The molecule has 2 atom stereocenters. The lowest BCUT2D eigenvalue weighted by molar-refractivity contribution is -0.119. The lowest BCUT2D eigenvalue weighted by Crippen LogP contribution is -2.41. The highest BCUT2D eigenvalue weighted by atomic mass is 16.1. The summed E-state index contributed by atoms with van der Waals surface area (Å²) in [6, 6.07) is 16.3. The van der Waals surface area contributed by atoms with Gasteiger partial charge in [-0.2, -0.15) is 5.26 Å². The van der Waals surface area contributed by atoms with E-state index in [0.29, 0.717) is 18.5 Å². The summed E-state index contributed by atoms with van der Waals surface area (Å²) in [5.41, 5.74) is 10.2. The van der Waals surface area contributed by atoms with Crippen LogP contribution in [0.2, 0.25) is 0 Å². The summed E-state index contributed by atoms with van der Waals surface area (Å²) in [4.78, 5) is 14.2. The third-order valence-electron chi connectivity index (χ3n) is 5.29. The van der Waals surface area contributed by atoms with E-state index in [1.807, 2.05) is 59.3 Å². The van der Waals surface area contributed by atoms with Crippen molar-refractivity contribution in [3.05, 3.63) is 71.5 Å².